The topological polar surface area (TPSA) is 106 Å². The maximum absolute atomic E-state index is 12.7. The van der Waals surface area contributed by atoms with Crippen molar-refractivity contribution in [3.8, 4) is 0 Å². The van der Waals surface area contributed by atoms with Crippen molar-refractivity contribution in [3.63, 3.8) is 0 Å². The number of sulfone groups is 1. The number of rotatable bonds is 5. The molecule has 2 heterocycles. The summed E-state index contributed by atoms with van der Waals surface area (Å²) >= 11 is 1.36. The van der Waals surface area contributed by atoms with Crippen LogP contribution in [0.1, 0.15) is 56.8 Å². The molecule has 1 aromatic heterocycles. The van der Waals surface area contributed by atoms with Gasteiger partial charge in [0.05, 0.1) is 34.5 Å². The number of nitrogens with one attached hydrogen (secondary N) is 1. The van der Waals surface area contributed by atoms with Gasteiger partial charge in [0.2, 0.25) is 5.91 Å². The second kappa shape index (κ2) is 8.82. The summed E-state index contributed by atoms with van der Waals surface area (Å²) in [5.74, 6) is -0.114. The van der Waals surface area contributed by atoms with Crippen LogP contribution in [0.15, 0.2) is 29.2 Å². The van der Waals surface area contributed by atoms with Crippen molar-refractivity contribution in [2.45, 2.75) is 64.1 Å². The number of fused-ring (bicyclic) bond motifs is 1. The highest BCUT2D eigenvalue weighted by atomic mass is 32.2. The summed E-state index contributed by atoms with van der Waals surface area (Å²) in [6, 6.07) is 6.03. The molecule has 10 heteroatoms. The third-order valence-corrected chi connectivity index (χ3v) is 6.98. The van der Waals surface area contributed by atoms with E-state index in [0.717, 1.165) is 16.8 Å². The predicted octanol–water partition coefficient (Wildman–Crippen LogP) is 4.18. The Balaban J connectivity index is 1.69. The van der Waals surface area contributed by atoms with E-state index >= 15 is 0 Å². The van der Waals surface area contributed by atoms with Crippen LogP contribution in [0.4, 0.5) is 9.93 Å². The van der Waals surface area contributed by atoms with E-state index in [1.807, 2.05) is 34.6 Å². The highest BCUT2D eigenvalue weighted by Crippen LogP contribution is 2.43. The number of nitrogens with zero attached hydrogens (tertiary/aromatic N) is 2. The maximum atomic E-state index is 12.7. The van der Waals surface area contributed by atoms with Crippen LogP contribution >= 0.6 is 11.3 Å². The van der Waals surface area contributed by atoms with E-state index in [4.69, 9.17) is 4.74 Å². The molecular formula is C22H29N3O5S2. The Hall–Kier alpha value is -2.46. The third-order valence-electron chi connectivity index (χ3n) is 4.88. The van der Waals surface area contributed by atoms with Gasteiger partial charge in [-0.1, -0.05) is 37.3 Å². The lowest BCUT2D eigenvalue weighted by Gasteiger charge is -2.30. The van der Waals surface area contributed by atoms with E-state index < -0.39 is 15.4 Å². The molecule has 2 amide bonds. The monoisotopic (exact) mass is 479 g/mol. The molecule has 1 aromatic carbocycles. The molecule has 0 spiro atoms. The number of carbonyl (C=O) groups excluding carboxylic acids is 2. The minimum Gasteiger partial charge on any atom is -0.444 e. The molecule has 32 heavy (non-hydrogen) atoms. The zero-order chi connectivity index (χ0) is 23.8. The Kier molecular flexibility index (Phi) is 6.67. The largest absolute Gasteiger partial charge is 0.444 e. The van der Waals surface area contributed by atoms with Crippen molar-refractivity contribution in [2.75, 3.05) is 11.6 Å². The van der Waals surface area contributed by atoms with E-state index in [0.29, 0.717) is 17.2 Å². The first-order chi connectivity index (χ1) is 14.7. The lowest BCUT2D eigenvalue weighted by atomic mass is 10.0. The molecule has 0 fully saturated rings. The molecule has 0 bridgehead atoms. The predicted molar refractivity (Wildman–Crippen MR) is 123 cm³/mol. The van der Waals surface area contributed by atoms with Gasteiger partial charge in [-0.25, -0.2) is 18.2 Å². The second-order valence-corrected chi connectivity index (χ2v) is 12.4. The van der Waals surface area contributed by atoms with Crippen LogP contribution in [0.3, 0.4) is 0 Å². The second-order valence-electron chi connectivity index (χ2n) is 9.27. The molecule has 1 aliphatic rings. The Morgan fingerprint density at radius 1 is 1.25 bits per heavy atom. The standard InChI is InChI=1S/C22H29N3O5S2/c1-13(2)19-18-16(12-25(19)21(27)30-22(3,4)5)31-20(24-18)23-17(26)11-14-7-9-15(10-8-14)32(6,28)29/h7-10,13,19H,11-12H2,1-6H3,(H,23,24,26). The molecule has 174 valence electrons. The zero-order valence-corrected chi connectivity index (χ0v) is 20.8. The van der Waals surface area contributed by atoms with Crippen molar-refractivity contribution in [1.82, 2.24) is 9.88 Å². The lowest BCUT2D eigenvalue weighted by molar-refractivity contribution is -0.115. The first-order valence-electron chi connectivity index (χ1n) is 10.3. The normalized spacial score (nSPS) is 16.2. The van der Waals surface area contributed by atoms with Crippen LogP contribution in [0.25, 0.3) is 0 Å². The number of anilines is 1. The van der Waals surface area contributed by atoms with E-state index in [9.17, 15) is 18.0 Å². The molecule has 0 radical (unpaired) electrons. The summed E-state index contributed by atoms with van der Waals surface area (Å²) in [6.07, 6.45) is 0.876. The number of hydrogen-bond donors (Lipinski definition) is 1. The average Bonchev–Trinajstić information content (AvgIpc) is 3.16. The fraction of sp³-hybridized carbons (Fsp3) is 0.500. The summed E-state index contributed by atoms with van der Waals surface area (Å²) in [5.41, 5.74) is 0.916. The van der Waals surface area contributed by atoms with Gasteiger partial charge in [0, 0.05) is 6.26 Å². The quantitative estimate of drug-likeness (QED) is 0.690. The van der Waals surface area contributed by atoms with Crippen LogP contribution in [-0.4, -0.2) is 42.2 Å². The number of thiazole rings is 1. The Labute approximate surface area is 192 Å². The fourth-order valence-electron chi connectivity index (χ4n) is 3.54. The highest BCUT2D eigenvalue weighted by Gasteiger charge is 2.40. The van der Waals surface area contributed by atoms with Gasteiger partial charge in [-0.3, -0.25) is 9.69 Å². The van der Waals surface area contributed by atoms with Gasteiger partial charge in [-0.2, -0.15) is 0 Å². The van der Waals surface area contributed by atoms with Crippen LogP contribution in [0, 0.1) is 5.92 Å². The van der Waals surface area contributed by atoms with Crippen LogP contribution in [0.5, 0.6) is 0 Å². The summed E-state index contributed by atoms with van der Waals surface area (Å²) in [7, 11) is -3.27. The van der Waals surface area contributed by atoms with Crippen LogP contribution < -0.4 is 5.32 Å². The number of amides is 2. The number of carbonyl (C=O) groups is 2. The molecule has 0 aliphatic carbocycles. The van der Waals surface area contributed by atoms with Crippen molar-refractivity contribution in [3.05, 3.63) is 40.4 Å². The van der Waals surface area contributed by atoms with Crippen LogP contribution in [-0.2, 0) is 32.3 Å². The molecule has 3 rings (SSSR count). The van der Waals surface area contributed by atoms with Gasteiger partial charge in [0.25, 0.3) is 0 Å². The van der Waals surface area contributed by atoms with Crippen molar-refractivity contribution in [1.29, 1.82) is 0 Å². The van der Waals surface area contributed by atoms with Crippen molar-refractivity contribution < 1.29 is 22.7 Å². The Morgan fingerprint density at radius 2 is 1.88 bits per heavy atom. The molecule has 1 N–H and O–H groups in total. The SMILES string of the molecule is CC(C)C1c2nc(NC(=O)Cc3ccc(S(C)(=O)=O)cc3)sc2CN1C(=O)OC(C)(C)C. The summed E-state index contributed by atoms with van der Waals surface area (Å²) in [4.78, 5) is 32.6. The van der Waals surface area contributed by atoms with Crippen molar-refractivity contribution in [2.24, 2.45) is 5.92 Å². The number of hydrogen-bond acceptors (Lipinski definition) is 7. The van der Waals surface area contributed by atoms with E-state index in [1.54, 1.807) is 17.0 Å². The third kappa shape index (κ3) is 5.66. The molecule has 2 aromatic rings. The van der Waals surface area contributed by atoms with E-state index in [2.05, 4.69) is 10.3 Å². The maximum Gasteiger partial charge on any atom is 0.411 e. The smallest absolute Gasteiger partial charge is 0.411 e. The molecule has 8 nitrogen and oxygen atoms in total. The van der Waals surface area contributed by atoms with Gasteiger partial charge >= 0.3 is 6.09 Å². The van der Waals surface area contributed by atoms with Gasteiger partial charge in [-0.15, -0.1) is 0 Å². The number of ether oxygens (including phenoxy) is 1. The molecular weight excluding hydrogens is 450 g/mol. The number of benzene rings is 1. The van der Waals surface area contributed by atoms with Gasteiger partial charge in [0.15, 0.2) is 15.0 Å². The van der Waals surface area contributed by atoms with Gasteiger partial charge in [-0.05, 0) is 44.4 Å². The van der Waals surface area contributed by atoms with Crippen LogP contribution in [0.2, 0.25) is 0 Å². The molecule has 1 aliphatic heterocycles. The Bertz CT molecular complexity index is 1120. The summed E-state index contributed by atoms with van der Waals surface area (Å²) in [5, 5.41) is 3.31. The first kappa shape index (κ1) is 24.2. The Morgan fingerprint density at radius 3 is 2.41 bits per heavy atom. The summed E-state index contributed by atoms with van der Waals surface area (Å²) < 4.78 is 28.7. The fourth-order valence-corrected chi connectivity index (χ4v) is 5.19. The lowest BCUT2D eigenvalue weighted by Crippen LogP contribution is -2.37. The first-order valence-corrected chi connectivity index (χ1v) is 13.0. The highest BCUT2D eigenvalue weighted by molar-refractivity contribution is 7.90. The molecule has 1 atom stereocenters. The summed E-state index contributed by atoms with van der Waals surface area (Å²) in [6.45, 7) is 9.95. The minimum absolute atomic E-state index is 0.103. The minimum atomic E-state index is -3.27. The van der Waals surface area contributed by atoms with Gasteiger partial charge in [0.1, 0.15) is 5.60 Å². The van der Waals surface area contributed by atoms with Crippen molar-refractivity contribution >= 4 is 38.3 Å². The molecule has 0 saturated heterocycles. The molecule has 1 unspecified atom stereocenters. The van der Waals surface area contributed by atoms with E-state index in [-0.39, 0.29) is 35.3 Å². The van der Waals surface area contributed by atoms with E-state index in [1.165, 1.54) is 23.5 Å². The van der Waals surface area contributed by atoms with Gasteiger partial charge < -0.3 is 10.1 Å². The number of aromatic nitrogens is 1. The zero-order valence-electron chi connectivity index (χ0n) is 19.1. The average molecular weight is 480 g/mol. The molecule has 0 saturated carbocycles.